The number of phenols is 1. The molecule has 0 saturated carbocycles. The molecule has 2 aromatic carbocycles. The van der Waals surface area contributed by atoms with Crippen molar-refractivity contribution in [1.82, 2.24) is 4.57 Å². The minimum Gasteiger partial charge on any atom is -0.506 e. The molecule has 0 aliphatic rings. The number of hydrogen-bond acceptors (Lipinski definition) is 7. The van der Waals surface area contributed by atoms with Crippen LogP contribution in [0.1, 0.15) is 34.2 Å². The van der Waals surface area contributed by atoms with Gasteiger partial charge in [0, 0.05) is 23.1 Å². The lowest BCUT2D eigenvalue weighted by Crippen LogP contribution is -2.13. The molecule has 1 heterocycles. The number of anilines is 1. The van der Waals surface area contributed by atoms with Crippen molar-refractivity contribution in [2.75, 3.05) is 11.9 Å². The average Bonchev–Trinajstić information content (AvgIpc) is 3.11. The fraction of sp³-hybridized carbons (Fsp3) is 0.160. The normalized spacial score (nSPS) is 11.0. The van der Waals surface area contributed by atoms with Crippen LogP contribution in [0.5, 0.6) is 5.75 Å². The predicted molar refractivity (Wildman–Crippen MR) is 128 cm³/mol. The van der Waals surface area contributed by atoms with E-state index in [9.17, 15) is 30.1 Å². The molecule has 1 aromatic heterocycles. The third-order valence-corrected chi connectivity index (χ3v) is 5.21. The largest absolute Gasteiger partial charge is 0.506 e. The summed E-state index contributed by atoms with van der Waals surface area (Å²) in [4.78, 5) is 34.7. The first-order valence-corrected chi connectivity index (χ1v) is 10.5. The maximum Gasteiger partial charge on any atom is 0.338 e. The highest BCUT2D eigenvalue weighted by Gasteiger charge is 2.17. The van der Waals surface area contributed by atoms with Crippen molar-refractivity contribution in [3.05, 3.63) is 86.7 Å². The van der Waals surface area contributed by atoms with Gasteiger partial charge < -0.3 is 19.7 Å². The van der Waals surface area contributed by atoms with Crippen LogP contribution in [-0.2, 0) is 9.53 Å². The summed E-state index contributed by atoms with van der Waals surface area (Å²) < 4.78 is 6.91. The Labute approximate surface area is 200 Å². The van der Waals surface area contributed by atoms with Crippen molar-refractivity contribution >= 4 is 29.3 Å². The number of aromatic nitrogens is 1. The van der Waals surface area contributed by atoms with E-state index in [0.717, 1.165) is 29.2 Å². The van der Waals surface area contributed by atoms with Crippen molar-refractivity contribution < 1.29 is 24.4 Å². The zero-order valence-electron chi connectivity index (χ0n) is 19.2. The molecular weight excluding hydrogens is 452 g/mol. The third kappa shape index (κ3) is 5.36. The minimum absolute atomic E-state index is 0.0612. The van der Waals surface area contributed by atoms with E-state index < -0.39 is 22.5 Å². The van der Waals surface area contributed by atoms with E-state index in [0.29, 0.717) is 11.1 Å². The number of hydrogen-bond donors (Lipinski definition) is 2. The lowest BCUT2D eigenvalue weighted by molar-refractivity contribution is -0.384. The summed E-state index contributed by atoms with van der Waals surface area (Å²) in [5, 5.41) is 32.7. The summed E-state index contributed by atoms with van der Waals surface area (Å²) in [6, 6.07) is 13.7. The van der Waals surface area contributed by atoms with E-state index in [1.165, 1.54) is 12.1 Å². The number of aryl methyl sites for hydroxylation is 1. The van der Waals surface area contributed by atoms with Gasteiger partial charge >= 0.3 is 5.97 Å². The number of phenolic OH excluding ortho intramolecular Hbond substituents is 1. The van der Waals surface area contributed by atoms with Crippen molar-refractivity contribution in [1.29, 1.82) is 5.26 Å². The number of ether oxygens (including phenoxy) is 1. The molecule has 0 bridgehead atoms. The Balaban J connectivity index is 1.88. The Hall–Kier alpha value is -4.91. The molecule has 3 rings (SSSR count). The zero-order chi connectivity index (χ0) is 25.7. The second-order valence-corrected chi connectivity index (χ2v) is 7.51. The summed E-state index contributed by atoms with van der Waals surface area (Å²) in [6.45, 7) is 5.71. The van der Waals surface area contributed by atoms with Gasteiger partial charge in [-0.3, -0.25) is 14.9 Å². The highest BCUT2D eigenvalue weighted by atomic mass is 16.6. The maximum absolute atomic E-state index is 12.6. The fourth-order valence-electron chi connectivity index (χ4n) is 3.53. The number of carbonyl (C=O) groups is 2. The van der Waals surface area contributed by atoms with Crippen LogP contribution in [0.25, 0.3) is 11.8 Å². The van der Waals surface area contributed by atoms with Crippen LogP contribution in [-0.4, -0.2) is 33.1 Å². The average molecular weight is 474 g/mol. The van der Waals surface area contributed by atoms with E-state index in [1.807, 2.05) is 30.6 Å². The summed E-state index contributed by atoms with van der Waals surface area (Å²) in [7, 11) is 0. The molecule has 178 valence electrons. The van der Waals surface area contributed by atoms with Gasteiger partial charge in [-0.25, -0.2) is 4.79 Å². The van der Waals surface area contributed by atoms with Crippen LogP contribution >= 0.6 is 0 Å². The first-order valence-electron chi connectivity index (χ1n) is 10.5. The second kappa shape index (κ2) is 10.4. The summed E-state index contributed by atoms with van der Waals surface area (Å²) >= 11 is 0. The molecule has 0 aliphatic carbocycles. The van der Waals surface area contributed by atoms with Gasteiger partial charge in [0.15, 0.2) is 0 Å². The second-order valence-electron chi connectivity index (χ2n) is 7.51. The van der Waals surface area contributed by atoms with Crippen LogP contribution in [0.15, 0.2) is 54.1 Å². The Morgan fingerprint density at radius 3 is 2.46 bits per heavy atom. The third-order valence-electron chi connectivity index (χ3n) is 5.21. The van der Waals surface area contributed by atoms with E-state index in [1.54, 1.807) is 31.2 Å². The van der Waals surface area contributed by atoms with Crippen molar-refractivity contribution in [2.24, 2.45) is 0 Å². The molecular formula is C25H22N4O6. The number of nitrogens with one attached hydrogen (secondary N) is 1. The molecule has 0 spiro atoms. The quantitative estimate of drug-likeness (QED) is 0.128. The number of rotatable bonds is 7. The maximum atomic E-state index is 12.6. The van der Waals surface area contributed by atoms with Gasteiger partial charge in [0.1, 0.15) is 17.4 Å². The minimum atomic E-state index is -0.778. The molecule has 0 unspecified atom stereocenters. The number of nitriles is 1. The van der Waals surface area contributed by atoms with Gasteiger partial charge in [0.2, 0.25) is 0 Å². The number of amides is 1. The van der Waals surface area contributed by atoms with E-state index in [-0.39, 0.29) is 23.6 Å². The van der Waals surface area contributed by atoms with Crippen molar-refractivity contribution in [3.8, 4) is 17.5 Å². The monoisotopic (exact) mass is 474 g/mol. The molecule has 3 aromatic rings. The number of nitro groups is 1. The lowest BCUT2D eigenvalue weighted by atomic mass is 10.1. The number of aromatic hydroxyl groups is 1. The number of nitrogens with zero attached hydrogens (tertiary/aromatic N) is 3. The molecule has 0 atom stereocenters. The number of nitro benzene ring substituents is 1. The Morgan fingerprint density at radius 2 is 1.89 bits per heavy atom. The van der Waals surface area contributed by atoms with Crippen LogP contribution in [0.2, 0.25) is 0 Å². The highest BCUT2D eigenvalue weighted by Crippen LogP contribution is 2.29. The van der Waals surface area contributed by atoms with E-state index in [2.05, 4.69) is 5.32 Å². The summed E-state index contributed by atoms with van der Waals surface area (Å²) in [6.07, 6.45) is 1.42. The van der Waals surface area contributed by atoms with Crippen LogP contribution in [0.4, 0.5) is 11.4 Å². The van der Waals surface area contributed by atoms with Gasteiger partial charge in [-0.2, -0.15) is 5.26 Å². The lowest BCUT2D eigenvalue weighted by Gasteiger charge is -2.10. The standard InChI is InChI=1S/C25H22N4O6/c1-4-35-25(32)17-5-7-20(8-6-17)28-15(2)11-18(16(28)3)12-19(14-26)24(31)27-22-10-9-21(29(33)34)13-23(22)30/h5-13,30H,4H2,1-3H3,(H,27,31)/b19-12+. The van der Waals surface area contributed by atoms with Gasteiger partial charge in [0.25, 0.3) is 11.6 Å². The summed E-state index contributed by atoms with van der Waals surface area (Å²) in [5.74, 6) is -1.68. The molecule has 0 radical (unpaired) electrons. The first-order chi connectivity index (χ1) is 16.7. The van der Waals surface area contributed by atoms with Crippen molar-refractivity contribution in [2.45, 2.75) is 20.8 Å². The molecule has 35 heavy (non-hydrogen) atoms. The molecule has 10 nitrogen and oxygen atoms in total. The fourth-order valence-corrected chi connectivity index (χ4v) is 3.53. The number of carbonyl (C=O) groups excluding carboxylic acids is 2. The van der Waals surface area contributed by atoms with Crippen LogP contribution in [0, 0.1) is 35.3 Å². The Morgan fingerprint density at radius 1 is 1.20 bits per heavy atom. The molecule has 0 aliphatic heterocycles. The van der Waals surface area contributed by atoms with Gasteiger partial charge in [-0.15, -0.1) is 0 Å². The highest BCUT2D eigenvalue weighted by molar-refractivity contribution is 6.10. The van der Waals surface area contributed by atoms with Gasteiger partial charge in [-0.05, 0) is 68.8 Å². The SMILES string of the molecule is CCOC(=O)c1ccc(-n2c(C)cc(/C=C(\C#N)C(=O)Nc3ccc([N+](=O)[O-])cc3O)c2C)cc1. The van der Waals surface area contributed by atoms with Crippen LogP contribution < -0.4 is 5.32 Å². The van der Waals surface area contributed by atoms with E-state index in [4.69, 9.17) is 4.74 Å². The molecule has 2 N–H and O–H groups in total. The Bertz CT molecular complexity index is 1380. The number of benzene rings is 2. The predicted octanol–water partition coefficient (Wildman–Crippen LogP) is 4.43. The zero-order valence-corrected chi connectivity index (χ0v) is 19.2. The first kappa shape index (κ1) is 24.7. The number of non-ortho nitro benzene ring substituents is 1. The Kier molecular flexibility index (Phi) is 7.31. The topological polar surface area (TPSA) is 147 Å². The van der Waals surface area contributed by atoms with Crippen LogP contribution in [0.3, 0.4) is 0 Å². The molecule has 1 amide bonds. The molecule has 0 fully saturated rings. The molecule has 10 heteroatoms. The van der Waals surface area contributed by atoms with Gasteiger partial charge in [-0.1, -0.05) is 0 Å². The van der Waals surface area contributed by atoms with Gasteiger partial charge in [0.05, 0.1) is 28.8 Å². The van der Waals surface area contributed by atoms with E-state index >= 15 is 0 Å². The van der Waals surface area contributed by atoms with Crippen molar-refractivity contribution in [3.63, 3.8) is 0 Å². The number of esters is 1. The smallest absolute Gasteiger partial charge is 0.338 e. The summed E-state index contributed by atoms with van der Waals surface area (Å²) in [5.41, 5.74) is 2.81. The molecule has 0 saturated heterocycles.